The molecule has 1 aromatic carbocycles. The number of carbonyl (C=O) groups is 1. The summed E-state index contributed by atoms with van der Waals surface area (Å²) in [6.07, 6.45) is 1.41. The van der Waals surface area contributed by atoms with E-state index in [-0.39, 0.29) is 29.8 Å². The van der Waals surface area contributed by atoms with Crippen molar-refractivity contribution in [1.29, 1.82) is 0 Å². The standard InChI is InChI=1S/C20H21ClN8O2S/c1-12-4-3-5-14(21)18(12)26-19(30)15-11-22-20(32-15)25-16-10-17(24-13(2)23-16)28-6-8-29(27-31)9-7-28/h3-5,10-11H,6-9H2,1-2H3,(H,26,30)(H,22,23,24,25)/i8D2,9D2. The normalized spacial score (nSPS) is 18.7. The van der Waals surface area contributed by atoms with Crippen LogP contribution in [-0.2, 0) is 0 Å². The molecule has 0 radical (unpaired) electrons. The summed E-state index contributed by atoms with van der Waals surface area (Å²) in [7, 11) is 0. The van der Waals surface area contributed by atoms with Crippen LogP contribution in [0.4, 0.5) is 22.5 Å². The predicted octanol–water partition coefficient (Wildman–Crippen LogP) is 4.00. The van der Waals surface area contributed by atoms with E-state index in [1.807, 2.05) is 13.0 Å². The van der Waals surface area contributed by atoms with Gasteiger partial charge < -0.3 is 15.5 Å². The summed E-state index contributed by atoms with van der Waals surface area (Å²) < 4.78 is 32.2. The van der Waals surface area contributed by atoms with E-state index >= 15 is 0 Å². The Kier molecular flexibility index (Phi) is 5.10. The fourth-order valence-electron chi connectivity index (χ4n) is 2.93. The average molecular weight is 477 g/mol. The molecule has 1 aliphatic rings. The van der Waals surface area contributed by atoms with Gasteiger partial charge in [-0.05, 0) is 25.5 Å². The van der Waals surface area contributed by atoms with Crippen molar-refractivity contribution in [1.82, 2.24) is 20.0 Å². The fourth-order valence-corrected chi connectivity index (χ4v) is 3.91. The van der Waals surface area contributed by atoms with E-state index in [1.165, 1.54) is 17.2 Å². The number of hydrogen-bond donors (Lipinski definition) is 2. The molecule has 0 unspecified atom stereocenters. The predicted molar refractivity (Wildman–Crippen MR) is 126 cm³/mol. The van der Waals surface area contributed by atoms with Gasteiger partial charge in [0.25, 0.3) is 5.91 Å². The third-order valence-electron chi connectivity index (χ3n) is 4.48. The van der Waals surface area contributed by atoms with Crippen molar-refractivity contribution in [2.75, 3.05) is 41.6 Å². The summed E-state index contributed by atoms with van der Waals surface area (Å²) in [5.41, 5.74) is 1.34. The molecule has 10 nitrogen and oxygen atoms in total. The van der Waals surface area contributed by atoms with Crippen LogP contribution in [-0.4, -0.2) is 52.0 Å². The molecular weight excluding hydrogens is 452 g/mol. The Hall–Kier alpha value is -3.31. The van der Waals surface area contributed by atoms with Crippen LogP contribution in [0.15, 0.2) is 35.7 Å². The highest BCUT2D eigenvalue weighted by atomic mass is 35.5. The van der Waals surface area contributed by atoms with Crippen LogP contribution >= 0.6 is 22.9 Å². The number of hydrogen-bond acceptors (Lipinski definition) is 9. The molecule has 0 saturated carbocycles. The summed E-state index contributed by atoms with van der Waals surface area (Å²) in [5, 5.41) is 9.42. The van der Waals surface area contributed by atoms with Crippen molar-refractivity contribution < 1.29 is 10.3 Å². The number of halogens is 1. The molecule has 0 aliphatic carbocycles. The third-order valence-corrected chi connectivity index (χ3v) is 5.70. The molecule has 0 bridgehead atoms. The number of piperazine rings is 1. The zero-order chi connectivity index (χ0) is 26.3. The molecule has 1 fully saturated rings. The fraction of sp³-hybridized carbons (Fsp3) is 0.300. The molecule has 2 aromatic heterocycles. The van der Waals surface area contributed by atoms with Gasteiger partial charge in [-0.2, -0.15) is 0 Å². The molecule has 166 valence electrons. The lowest BCUT2D eigenvalue weighted by Gasteiger charge is -2.32. The average Bonchev–Trinajstić information content (AvgIpc) is 3.23. The van der Waals surface area contributed by atoms with Crippen molar-refractivity contribution >= 4 is 51.3 Å². The molecule has 1 amide bonds. The van der Waals surface area contributed by atoms with E-state index in [4.69, 9.17) is 17.1 Å². The summed E-state index contributed by atoms with van der Waals surface area (Å²) >= 11 is 7.28. The molecule has 4 rings (SSSR count). The Morgan fingerprint density at radius 3 is 2.78 bits per heavy atom. The first-order chi connectivity index (χ1) is 16.9. The first-order valence-corrected chi connectivity index (χ1v) is 10.6. The van der Waals surface area contributed by atoms with E-state index in [2.05, 4.69) is 30.9 Å². The van der Waals surface area contributed by atoms with Gasteiger partial charge in [-0.15, -0.1) is 4.91 Å². The molecule has 1 aliphatic heterocycles. The number of benzene rings is 1. The molecule has 2 N–H and O–H groups in total. The minimum atomic E-state index is -2.35. The molecule has 3 aromatic rings. The zero-order valence-corrected chi connectivity index (χ0v) is 18.7. The summed E-state index contributed by atoms with van der Waals surface area (Å²) in [4.78, 5) is 38.3. The molecular formula is C20H21ClN8O2S. The largest absolute Gasteiger partial charge is 0.353 e. The van der Waals surface area contributed by atoms with E-state index in [9.17, 15) is 9.70 Å². The van der Waals surface area contributed by atoms with Gasteiger partial charge in [-0.1, -0.05) is 35.1 Å². The first-order valence-electron chi connectivity index (χ1n) is 11.4. The number of nitrogens with one attached hydrogen (secondary N) is 2. The summed E-state index contributed by atoms with van der Waals surface area (Å²) in [6, 6.07) is 6.83. The van der Waals surface area contributed by atoms with Crippen LogP contribution in [0, 0.1) is 18.8 Å². The second-order valence-electron chi connectivity index (χ2n) is 6.76. The number of nitroso groups, excluding NO2 is 1. The van der Waals surface area contributed by atoms with Crippen molar-refractivity contribution in [2.45, 2.75) is 13.8 Å². The Morgan fingerprint density at radius 1 is 1.28 bits per heavy atom. The number of anilines is 4. The zero-order valence-electron chi connectivity index (χ0n) is 21.1. The van der Waals surface area contributed by atoms with Gasteiger partial charge in [-0.25, -0.2) is 15.0 Å². The Morgan fingerprint density at radius 2 is 2.06 bits per heavy atom. The smallest absolute Gasteiger partial charge is 0.267 e. The van der Waals surface area contributed by atoms with E-state index < -0.39 is 13.0 Å². The highest BCUT2D eigenvalue weighted by Gasteiger charge is 2.19. The number of thiazole rings is 1. The molecule has 3 heterocycles. The molecule has 1 saturated heterocycles. The van der Waals surface area contributed by atoms with Crippen molar-refractivity contribution in [3.63, 3.8) is 0 Å². The summed E-state index contributed by atoms with van der Waals surface area (Å²) in [6.45, 7) is -1.91. The van der Waals surface area contributed by atoms with Gasteiger partial charge in [0.15, 0.2) is 5.13 Å². The van der Waals surface area contributed by atoms with Crippen molar-refractivity contribution in [2.24, 2.45) is 5.29 Å². The number of para-hydroxylation sites is 1. The molecule has 0 spiro atoms. The van der Waals surface area contributed by atoms with Crippen molar-refractivity contribution in [3.05, 3.63) is 56.7 Å². The van der Waals surface area contributed by atoms with E-state index in [0.29, 0.717) is 32.4 Å². The number of aryl methyl sites for hydroxylation is 2. The Labute approximate surface area is 199 Å². The molecule has 12 heteroatoms. The minimum absolute atomic E-state index is 0.256. The Bertz CT molecular complexity index is 1290. The highest BCUT2D eigenvalue weighted by molar-refractivity contribution is 7.17. The van der Waals surface area contributed by atoms with Crippen LogP contribution in [0.1, 0.15) is 26.5 Å². The topological polar surface area (TPSA) is 116 Å². The van der Waals surface area contributed by atoms with Crippen LogP contribution in [0.25, 0.3) is 0 Å². The van der Waals surface area contributed by atoms with E-state index in [0.717, 1.165) is 16.9 Å². The van der Waals surface area contributed by atoms with Gasteiger partial charge in [0.1, 0.15) is 22.3 Å². The Balaban J connectivity index is 1.52. The lowest BCUT2D eigenvalue weighted by Crippen LogP contribution is -2.44. The minimum Gasteiger partial charge on any atom is -0.353 e. The number of carbonyl (C=O) groups excluding carboxylic acids is 1. The quantitative estimate of drug-likeness (QED) is 0.513. The van der Waals surface area contributed by atoms with Gasteiger partial charge in [-0.3, -0.25) is 9.80 Å². The van der Waals surface area contributed by atoms with E-state index in [1.54, 1.807) is 19.1 Å². The van der Waals surface area contributed by atoms with Crippen LogP contribution in [0.3, 0.4) is 0 Å². The number of amides is 1. The SMILES string of the molecule is [2H]C1([2H])CN(c2cc(Nc3ncc(C(=O)Nc4c(C)cccc4Cl)s3)nc(C)n2)CC([2H])([2H])N1N=O. The van der Waals surface area contributed by atoms with Crippen LogP contribution in [0.5, 0.6) is 0 Å². The first kappa shape index (κ1) is 17.3. The van der Waals surface area contributed by atoms with Gasteiger partial charge in [0, 0.05) is 19.2 Å². The maximum atomic E-state index is 12.7. The second-order valence-corrected chi connectivity index (χ2v) is 8.20. The number of nitrogens with zero attached hydrogens (tertiary/aromatic N) is 6. The molecule has 0 atom stereocenters. The lowest BCUT2D eigenvalue weighted by atomic mass is 10.2. The second kappa shape index (κ2) is 9.45. The van der Waals surface area contributed by atoms with Crippen LogP contribution < -0.4 is 15.5 Å². The number of rotatable bonds is 6. The van der Waals surface area contributed by atoms with Gasteiger partial charge in [0.2, 0.25) is 0 Å². The van der Waals surface area contributed by atoms with Crippen LogP contribution in [0.2, 0.25) is 5.02 Å². The lowest BCUT2D eigenvalue weighted by molar-refractivity contribution is 0.103. The number of aromatic nitrogens is 3. The molecule has 32 heavy (non-hydrogen) atoms. The van der Waals surface area contributed by atoms with Crippen molar-refractivity contribution in [3.8, 4) is 0 Å². The maximum absolute atomic E-state index is 12.7. The van der Waals surface area contributed by atoms with Gasteiger partial charge in [0.05, 0.1) is 40.7 Å². The highest BCUT2D eigenvalue weighted by Crippen LogP contribution is 2.28. The summed E-state index contributed by atoms with van der Waals surface area (Å²) in [5.74, 6) is 0.544. The maximum Gasteiger partial charge on any atom is 0.267 e. The monoisotopic (exact) mass is 476 g/mol. The third kappa shape index (κ3) is 4.94. The van der Waals surface area contributed by atoms with Gasteiger partial charge >= 0.3 is 0 Å².